The maximum Gasteiger partial charge on any atom is 0.367 e. The molecule has 0 aromatic carbocycles. The second-order valence-electron chi connectivity index (χ2n) is 4.82. The van der Waals surface area contributed by atoms with E-state index in [0.717, 1.165) is 11.8 Å². The van der Waals surface area contributed by atoms with E-state index >= 15 is 0 Å². The lowest BCUT2D eigenvalue weighted by atomic mass is 10.1. The minimum Gasteiger partial charge on any atom is -0.467 e. The number of urea groups is 1. The molecule has 128 valence electrons. The van der Waals surface area contributed by atoms with E-state index in [9.17, 15) is 14.4 Å². The van der Waals surface area contributed by atoms with Crippen LogP contribution in [0.5, 0.6) is 0 Å². The van der Waals surface area contributed by atoms with Gasteiger partial charge >= 0.3 is 12.0 Å². The Morgan fingerprint density at radius 2 is 2.21 bits per heavy atom. The first-order valence-electron chi connectivity index (χ1n) is 7.27. The molecule has 1 aliphatic rings. The Balaban J connectivity index is 1.93. The van der Waals surface area contributed by atoms with E-state index in [0.29, 0.717) is 11.5 Å². The molecular weight excluding hydrogens is 334 g/mol. The van der Waals surface area contributed by atoms with Crippen molar-refractivity contribution in [3.63, 3.8) is 0 Å². The number of ether oxygens (including phenoxy) is 1. The smallest absolute Gasteiger partial charge is 0.367 e. The van der Waals surface area contributed by atoms with Crippen molar-refractivity contribution >= 4 is 40.4 Å². The second-order valence-corrected chi connectivity index (χ2v) is 5.81. The van der Waals surface area contributed by atoms with Crippen LogP contribution in [0.25, 0.3) is 0 Å². The number of carbonyl (C=O) groups excluding carboxylic acids is 3. The van der Waals surface area contributed by atoms with E-state index < -0.39 is 17.9 Å². The first-order chi connectivity index (χ1) is 11.5. The van der Waals surface area contributed by atoms with Gasteiger partial charge in [0.05, 0.1) is 30.2 Å². The summed E-state index contributed by atoms with van der Waals surface area (Å²) in [5, 5.41) is 2.90. The van der Waals surface area contributed by atoms with Crippen LogP contribution >= 0.6 is 11.8 Å². The van der Waals surface area contributed by atoms with Gasteiger partial charge in [-0.1, -0.05) is 11.8 Å². The van der Waals surface area contributed by atoms with E-state index in [1.54, 1.807) is 26.0 Å². The third kappa shape index (κ3) is 4.79. The van der Waals surface area contributed by atoms with Crippen LogP contribution in [0, 0.1) is 5.92 Å². The highest BCUT2D eigenvalue weighted by Gasteiger charge is 2.33. The van der Waals surface area contributed by atoms with E-state index in [2.05, 4.69) is 15.3 Å². The summed E-state index contributed by atoms with van der Waals surface area (Å²) in [6.45, 7) is 3.72. The van der Waals surface area contributed by atoms with Crippen molar-refractivity contribution in [3.05, 3.63) is 24.2 Å². The van der Waals surface area contributed by atoms with Crippen LogP contribution in [0.4, 0.5) is 4.79 Å². The molecule has 1 aliphatic heterocycles. The lowest BCUT2D eigenvalue weighted by molar-refractivity contribution is -0.143. The van der Waals surface area contributed by atoms with E-state index in [1.807, 2.05) is 0 Å². The van der Waals surface area contributed by atoms with Crippen LogP contribution in [-0.2, 0) is 20.9 Å². The van der Waals surface area contributed by atoms with Crippen LogP contribution in [0.1, 0.15) is 19.6 Å². The van der Waals surface area contributed by atoms with Gasteiger partial charge in [0.25, 0.3) is 0 Å². The fourth-order valence-corrected chi connectivity index (χ4v) is 2.94. The van der Waals surface area contributed by atoms with Gasteiger partial charge in [0.1, 0.15) is 11.7 Å². The van der Waals surface area contributed by atoms with Gasteiger partial charge in [0.15, 0.2) is 0 Å². The van der Waals surface area contributed by atoms with E-state index in [4.69, 9.17) is 9.15 Å². The maximum absolute atomic E-state index is 12.0. The highest BCUT2D eigenvalue weighted by Crippen LogP contribution is 2.21. The molecule has 1 N–H and O–H groups in total. The summed E-state index contributed by atoms with van der Waals surface area (Å²) in [4.78, 5) is 42.8. The molecular formula is C15H17N3O5S. The zero-order valence-corrected chi connectivity index (χ0v) is 14.1. The van der Waals surface area contributed by atoms with Crippen molar-refractivity contribution < 1.29 is 23.5 Å². The predicted octanol–water partition coefficient (Wildman–Crippen LogP) is 1.80. The molecule has 0 saturated carbocycles. The highest BCUT2D eigenvalue weighted by atomic mass is 32.2. The van der Waals surface area contributed by atoms with E-state index in [1.165, 1.54) is 6.26 Å². The molecule has 0 radical (unpaired) electrons. The fourth-order valence-electron chi connectivity index (χ4n) is 1.98. The normalized spacial score (nSPS) is 17.1. The monoisotopic (exact) mass is 351 g/mol. The average Bonchev–Trinajstić information content (AvgIpc) is 3.03. The second kappa shape index (κ2) is 8.44. The maximum atomic E-state index is 12.0. The number of esters is 1. The summed E-state index contributed by atoms with van der Waals surface area (Å²) in [5.41, 5.74) is 0.312. The zero-order valence-electron chi connectivity index (χ0n) is 13.3. The van der Waals surface area contributed by atoms with Gasteiger partial charge in [-0.05, 0) is 26.0 Å². The highest BCUT2D eigenvalue weighted by molar-refractivity contribution is 8.14. The Morgan fingerprint density at radius 1 is 1.42 bits per heavy atom. The Kier molecular flexibility index (Phi) is 6.30. The van der Waals surface area contributed by atoms with Crippen LogP contribution in [0.15, 0.2) is 32.8 Å². The summed E-state index contributed by atoms with van der Waals surface area (Å²) in [6, 6.07) is 2.78. The number of rotatable bonds is 6. The number of hydrogen-bond acceptors (Lipinski definition) is 6. The fraction of sp³-hybridized carbons (Fsp3) is 0.400. The number of carbonyl (C=O) groups is 3. The predicted molar refractivity (Wildman–Crippen MR) is 89.1 cm³/mol. The van der Waals surface area contributed by atoms with Gasteiger partial charge in [-0.2, -0.15) is 9.98 Å². The van der Waals surface area contributed by atoms with Crippen molar-refractivity contribution in [3.8, 4) is 0 Å². The summed E-state index contributed by atoms with van der Waals surface area (Å²) in [7, 11) is 0. The largest absolute Gasteiger partial charge is 0.467 e. The molecule has 2 rings (SSSR count). The number of hydrogen-bond donors (Lipinski definition) is 1. The van der Waals surface area contributed by atoms with Crippen molar-refractivity contribution in [2.75, 3.05) is 12.4 Å². The summed E-state index contributed by atoms with van der Waals surface area (Å²) in [5.74, 6) is -1.00. The van der Waals surface area contributed by atoms with Crippen LogP contribution in [0.3, 0.4) is 0 Å². The van der Waals surface area contributed by atoms with Crippen LogP contribution < -0.4 is 5.32 Å². The Labute approximate surface area is 142 Å². The number of aliphatic imine (C=N–C) groups is 2. The molecule has 2 heterocycles. The molecule has 3 amide bonds. The molecule has 1 unspecified atom stereocenters. The van der Waals surface area contributed by atoms with Gasteiger partial charge < -0.3 is 14.5 Å². The number of nitrogens with one attached hydrogen (secondary N) is 1. The van der Waals surface area contributed by atoms with Gasteiger partial charge in [0.2, 0.25) is 5.91 Å². The lowest BCUT2D eigenvalue weighted by Crippen LogP contribution is -2.35. The molecule has 0 saturated heterocycles. The topological polar surface area (TPSA) is 110 Å². The van der Waals surface area contributed by atoms with Gasteiger partial charge in [0, 0.05) is 5.71 Å². The standard InChI is InChI=1S/C15H17N3O5S/c1-3-22-14(20)12-9(2)17-15(21)18-13(12)24-8-11(19)16-7-10-5-4-6-23-10/h4-6,12H,3,7-8H2,1-2H3,(H,16,19). The Bertz CT molecular complexity index is 681. The minimum absolute atomic E-state index is 0.00993. The number of nitrogens with zero attached hydrogens (tertiary/aromatic N) is 2. The molecule has 24 heavy (non-hydrogen) atoms. The van der Waals surface area contributed by atoms with Gasteiger partial charge in [-0.3, -0.25) is 9.59 Å². The first-order valence-corrected chi connectivity index (χ1v) is 8.26. The Morgan fingerprint density at radius 3 is 2.88 bits per heavy atom. The third-order valence-electron chi connectivity index (χ3n) is 3.06. The molecule has 0 aliphatic carbocycles. The number of furan rings is 1. The van der Waals surface area contributed by atoms with Crippen molar-refractivity contribution in [2.45, 2.75) is 20.4 Å². The average molecular weight is 351 g/mol. The molecule has 0 bridgehead atoms. The SMILES string of the molecule is CCOC(=O)C1C(C)=NC(=O)N=C1SCC(=O)NCc1ccco1. The lowest BCUT2D eigenvalue weighted by Gasteiger charge is -2.19. The third-order valence-corrected chi connectivity index (χ3v) is 4.09. The molecule has 1 aromatic heterocycles. The van der Waals surface area contributed by atoms with Gasteiger partial charge in [-0.25, -0.2) is 4.79 Å². The molecule has 1 atom stereocenters. The number of thioether (sulfide) groups is 1. The minimum atomic E-state index is -0.842. The molecule has 0 spiro atoms. The van der Waals surface area contributed by atoms with Crippen molar-refractivity contribution in [1.82, 2.24) is 5.32 Å². The Hall–Kier alpha value is -2.42. The van der Waals surface area contributed by atoms with E-state index in [-0.39, 0.29) is 29.9 Å². The molecule has 9 heteroatoms. The zero-order chi connectivity index (χ0) is 17.5. The van der Waals surface area contributed by atoms with Crippen LogP contribution in [0.2, 0.25) is 0 Å². The number of amides is 3. The van der Waals surface area contributed by atoms with Gasteiger partial charge in [-0.15, -0.1) is 0 Å². The summed E-state index contributed by atoms with van der Waals surface area (Å²) >= 11 is 1.02. The summed E-state index contributed by atoms with van der Waals surface area (Å²) in [6.07, 6.45) is 1.52. The molecule has 0 fully saturated rings. The van der Waals surface area contributed by atoms with Crippen LogP contribution in [-0.4, -0.2) is 41.0 Å². The summed E-state index contributed by atoms with van der Waals surface area (Å²) < 4.78 is 10.1. The first kappa shape index (κ1) is 17.9. The van der Waals surface area contributed by atoms with Crippen molar-refractivity contribution in [2.24, 2.45) is 15.9 Å². The molecule has 8 nitrogen and oxygen atoms in total. The molecule has 1 aromatic rings. The van der Waals surface area contributed by atoms with Crippen molar-refractivity contribution in [1.29, 1.82) is 0 Å². The quantitative estimate of drug-likeness (QED) is 0.783.